The van der Waals surface area contributed by atoms with Crippen molar-refractivity contribution in [1.29, 1.82) is 0 Å². The molecule has 2 aromatic carbocycles. The molecule has 1 atom stereocenters. The first-order chi connectivity index (χ1) is 14.7. The van der Waals surface area contributed by atoms with Gasteiger partial charge in [-0.1, -0.05) is 68.5 Å². The largest absolute Gasteiger partial charge is 0.354 e. The smallest absolute Gasteiger partial charge is 0.264 e. The van der Waals surface area contributed by atoms with Crippen LogP contribution in [-0.4, -0.2) is 27.4 Å². The molecule has 170 valence electrons. The van der Waals surface area contributed by atoms with E-state index in [1.807, 2.05) is 6.92 Å². The molecule has 0 saturated carbocycles. The summed E-state index contributed by atoms with van der Waals surface area (Å²) in [6.07, 6.45) is 4.25. The Kier molecular flexibility index (Phi) is 9.38. The van der Waals surface area contributed by atoms with E-state index in [1.54, 1.807) is 49.4 Å². The zero-order valence-corrected chi connectivity index (χ0v) is 20.4. The van der Waals surface area contributed by atoms with Crippen molar-refractivity contribution in [3.63, 3.8) is 0 Å². The van der Waals surface area contributed by atoms with Crippen LogP contribution in [0.3, 0.4) is 0 Å². The molecule has 1 N–H and O–H groups in total. The number of amides is 1. The standard InChI is InChI=1S/C24H33ClN2O3S/c1-5-7-9-20(6-2)16-26-24(28)17-27(23-11-8-10-22(25)19(23)4)31(29,30)21-14-12-18(3)13-15-21/h8,10-15,20H,5-7,9,16-17H2,1-4H3,(H,26,28). The minimum atomic E-state index is -3.95. The highest BCUT2D eigenvalue weighted by Gasteiger charge is 2.28. The Morgan fingerprint density at radius 3 is 2.39 bits per heavy atom. The van der Waals surface area contributed by atoms with Crippen molar-refractivity contribution in [1.82, 2.24) is 5.32 Å². The summed E-state index contributed by atoms with van der Waals surface area (Å²) in [4.78, 5) is 12.9. The third-order valence-corrected chi connectivity index (χ3v) is 7.72. The highest BCUT2D eigenvalue weighted by Crippen LogP contribution is 2.30. The van der Waals surface area contributed by atoms with Crippen LogP contribution in [0.1, 0.15) is 50.7 Å². The van der Waals surface area contributed by atoms with E-state index >= 15 is 0 Å². The molecule has 0 aliphatic carbocycles. The lowest BCUT2D eigenvalue weighted by Crippen LogP contribution is -2.42. The molecular weight excluding hydrogens is 432 g/mol. The van der Waals surface area contributed by atoms with E-state index < -0.39 is 10.0 Å². The van der Waals surface area contributed by atoms with Crippen molar-refractivity contribution in [2.75, 3.05) is 17.4 Å². The summed E-state index contributed by atoms with van der Waals surface area (Å²) in [5.74, 6) is 0.0592. The molecule has 0 bridgehead atoms. The predicted molar refractivity (Wildman–Crippen MR) is 128 cm³/mol. The van der Waals surface area contributed by atoms with Crippen molar-refractivity contribution in [3.05, 3.63) is 58.6 Å². The molecule has 2 aromatic rings. The normalized spacial score (nSPS) is 12.4. The summed E-state index contributed by atoms with van der Waals surface area (Å²) in [7, 11) is -3.95. The minimum absolute atomic E-state index is 0.139. The van der Waals surface area contributed by atoms with Crippen molar-refractivity contribution in [3.8, 4) is 0 Å². The second-order valence-electron chi connectivity index (χ2n) is 7.93. The molecule has 0 spiro atoms. The molecule has 0 heterocycles. The molecule has 5 nitrogen and oxygen atoms in total. The minimum Gasteiger partial charge on any atom is -0.354 e. The molecular formula is C24H33ClN2O3S. The van der Waals surface area contributed by atoms with Gasteiger partial charge in [-0.05, 0) is 56.0 Å². The molecule has 31 heavy (non-hydrogen) atoms. The van der Waals surface area contributed by atoms with Crippen LogP contribution < -0.4 is 9.62 Å². The van der Waals surface area contributed by atoms with Gasteiger partial charge in [-0.2, -0.15) is 0 Å². The topological polar surface area (TPSA) is 66.5 Å². The number of nitrogens with zero attached hydrogens (tertiary/aromatic N) is 1. The Hall–Kier alpha value is -2.05. The third-order valence-electron chi connectivity index (χ3n) is 5.54. The molecule has 0 saturated heterocycles. The lowest BCUT2D eigenvalue weighted by Gasteiger charge is -2.26. The number of aryl methyl sites for hydroxylation is 1. The molecule has 0 aliphatic rings. The Morgan fingerprint density at radius 1 is 1.10 bits per heavy atom. The number of carbonyl (C=O) groups excluding carboxylic acids is 1. The maximum atomic E-state index is 13.5. The first-order valence-electron chi connectivity index (χ1n) is 10.8. The van der Waals surface area contributed by atoms with E-state index in [2.05, 4.69) is 19.2 Å². The Labute approximate surface area is 191 Å². The van der Waals surface area contributed by atoms with Crippen LogP contribution in [0.4, 0.5) is 5.69 Å². The summed E-state index contributed by atoms with van der Waals surface area (Å²) in [5.41, 5.74) is 1.98. The average molecular weight is 465 g/mol. The van der Waals surface area contributed by atoms with Gasteiger partial charge in [0.05, 0.1) is 10.6 Å². The predicted octanol–water partition coefficient (Wildman–Crippen LogP) is 5.48. The second kappa shape index (κ2) is 11.5. The number of hydrogen-bond acceptors (Lipinski definition) is 3. The number of halogens is 1. The van der Waals surface area contributed by atoms with Crippen molar-refractivity contribution < 1.29 is 13.2 Å². The molecule has 0 aliphatic heterocycles. The van der Waals surface area contributed by atoms with Gasteiger partial charge in [0.25, 0.3) is 10.0 Å². The van der Waals surface area contributed by atoms with Gasteiger partial charge in [-0.25, -0.2) is 8.42 Å². The van der Waals surface area contributed by atoms with Gasteiger partial charge in [0.2, 0.25) is 5.91 Å². The number of sulfonamides is 1. The maximum absolute atomic E-state index is 13.5. The molecule has 0 radical (unpaired) electrons. The van der Waals surface area contributed by atoms with E-state index in [0.29, 0.717) is 28.7 Å². The average Bonchev–Trinajstić information content (AvgIpc) is 2.74. The number of unbranched alkanes of at least 4 members (excludes halogenated alkanes) is 1. The summed E-state index contributed by atoms with van der Waals surface area (Å²) in [6.45, 7) is 8.14. The van der Waals surface area contributed by atoms with Gasteiger partial charge in [0.15, 0.2) is 0 Å². The van der Waals surface area contributed by atoms with Crippen molar-refractivity contribution >= 4 is 33.2 Å². The first-order valence-corrected chi connectivity index (χ1v) is 12.6. The number of carbonyl (C=O) groups is 1. The fourth-order valence-electron chi connectivity index (χ4n) is 3.39. The number of nitrogens with one attached hydrogen (secondary N) is 1. The van der Waals surface area contributed by atoms with Crippen LogP contribution in [0.2, 0.25) is 5.02 Å². The third kappa shape index (κ3) is 6.71. The molecule has 0 aromatic heterocycles. The monoisotopic (exact) mass is 464 g/mol. The van der Waals surface area contributed by atoms with Gasteiger partial charge in [-0.3, -0.25) is 9.10 Å². The van der Waals surface area contributed by atoms with Crippen molar-refractivity contribution in [2.24, 2.45) is 5.92 Å². The van der Waals surface area contributed by atoms with Gasteiger partial charge >= 0.3 is 0 Å². The number of anilines is 1. The van der Waals surface area contributed by atoms with Gasteiger partial charge in [-0.15, -0.1) is 0 Å². The lowest BCUT2D eigenvalue weighted by atomic mass is 9.99. The van der Waals surface area contributed by atoms with Gasteiger partial charge in [0, 0.05) is 11.6 Å². The van der Waals surface area contributed by atoms with Crippen LogP contribution in [0, 0.1) is 19.8 Å². The second-order valence-corrected chi connectivity index (χ2v) is 10.2. The fourth-order valence-corrected chi connectivity index (χ4v) is 5.04. The van der Waals surface area contributed by atoms with E-state index in [1.165, 1.54) is 0 Å². The summed E-state index contributed by atoms with van der Waals surface area (Å²) < 4.78 is 28.1. The fraction of sp³-hybridized carbons (Fsp3) is 0.458. The maximum Gasteiger partial charge on any atom is 0.264 e. The molecule has 1 amide bonds. The molecule has 0 fully saturated rings. The molecule has 1 unspecified atom stereocenters. The van der Waals surface area contributed by atoms with Crippen LogP contribution in [0.5, 0.6) is 0 Å². The van der Waals surface area contributed by atoms with Gasteiger partial charge < -0.3 is 5.32 Å². The zero-order valence-electron chi connectivity index (χ0n) is 18.8. The zero-order chi connectivity index (χ0) is 23.0. The summed E-state index contributed by atoms with van der Waals surface area (Å²) in [6, 6.07) is 11.7. The molecule has 2 rings (SSSR count). The van der Waals surface area contributed by atoms with Crippen LogP contribution in [0.15, 0.2) is 47.4 Å². The van der Waals surface area contributed by atoms with E-state index in [9.17, 15) is 13.2 Å². The van der Waals surface area contributed by atoms with Crippen LogP contribution in [-0.2, 0) is 14.8 Å². The Morgan fingerprint density at radius 2 is 1.77 bits per heavy atom. The first kappa shape index (κ1) is 25.2. The highest BCUT2D eigenvalue weighted by atomic mass is 35.5. The van der Waals surface area contributed by atoms with Crippen molar-refractivity contribution in [2.45, 2.75) is 58.3 Å². The van der Waals surface area contributed by atoms with E-state index in [-0.39, 0.29) is 17.3 Å². The van der Waals surface area contributed by atoms with E-state index in [0.717, 1.165) is 35.6 Å². The quantitative estimate of drug-likeness (QED) is 0.478. The van der Waals surface area contributed by atoms with Crippen LogP contribution >= 0.6 is 11.6 Å². The summed E-state index contributed by atoms with van der Waals surface area (Å²) in [5, 5.41) is 3.38. The lowest BCUT2D eigenvalue weighted by molar-refractivity contribution is -0.119. The van der Waals surface area contributed by atoms with Crippen LogP contribution in [0.25, 0.3) is 0 Å². The molecule has 7 heteroatoms. The number of benzene rings is 2. The van der Waals surface area contributed by atoms with E-state index in [4.69, 9.17) is 11.6 Å². The highest BCUT2D eigenvalue weighted by molar-refractivity contribution is 7.92. The number of rotatable bonds is 11. The Balaban J connectivity index is 2.31. The SMILES string of the molecule is CCCCC(CC)CNC(=O)CN(c1cccc(Cl)c1C)S(=O)(=O)c1ccc(C)cc1. The summed E-state index contributed by atoms with van der Waals surface area (Å²) >= 11 is 6.26. The number of hydrogen-bond donors (Lipinski definition) is 1. The van der Waals surface area contributed by atoms with Gasteiger partial charge in [0.1, 0.15) is 6.54 Å². The Bertz CT molecular complexity index is 975.